The van der Waals surface area contributed by atoms with E-state index in [-0.39, 0.29) is 46.0 Å². The lowest BCUT2D eigenvalue weighted by atomic mass is 10.1. The van der Waals surface area contributed by atoms with Crippen molar-refractivity contribution in [1.82, 2.24) is 3.97 Å². The van der Waals surface area contributed by atoms with Crippen LogP contribution in [0.2, 0.25) is 0 Å². The molecule has 1 aliphatic rings. The molecular formula is C16H15NO5S. The lowest BCUT2D eigenvalue weighted by Gasteiger charge is -2.12. The van der Waals surface area contributed by atoms with Crippen molar-refractivity contribution in [3.63, 3.8) is 0 Å². The van der Waals surface area contributed by atoms with Gasteiger partial charge in [-0.1, -0.05) is 17.7 Å². The van der Waals surface area contributed by atoms with E-state index in [0.717, 1.165) is 9.54 Å². The van der Waals surface area contributed by atoms with Gasteiger partial charge in [-0.25, -0.2) is 17.2 Å². The fraction of sp³-hybridized carbons (Fsp3) is 0.250. The zero-order valence-electron chi connectivity index (χ0n) is 12.7. The van der Waals surface area contributed by atoms with Gasteiger partial charge < -0.3 is 5.11 Å². The van der Waals surface area contributed by atoms with Crippen LogP contribution < -0.4 is 0 Å². The summed E-state index contributed by atoms with van der Waals surface area (Å²) in [5, 5.41) is 9.45. The number of Topliss-reactive ketones (excluding diaryl/α,β-unsaturated/α-hetero) is 1. The third-order valence-corrected chi connectivity index (χ3v) is 5.85. The number of aryl methyl sites for hydroxylation is 1. The predicted molar refractivity (Wildman–Crippen MR) is 82.5 cm³/mol. The van der Waals surface area contributed by atoms with Crippen LogP contribution in [0.5, 0.6) is 0 Å². The molecule has 0 amide bonds. The quantitative estimate of drug-likeness (QED) is 0.929. The Morgan fingerprint density at radius 1 is 1.13 bits per heavy atom. The summed E-state index contributed by atoms with van der Waals surface area (Å²) in [5.41, 5.74) is 1.25. The molecule has 0 saturated carbocycles. The molecule has 3 rings (SSSR count). The normalized spacial score (nSPS) is 14.1. The van der Waals surface area contributed by atoms with Gasteiger partial charge in [0.05, 0.1) is 4.90 Å². The second-order valence-electron chi connectivity index (χ2n) is 5.61. The van der Waals surface area contributed by atoms with Crippen molar-refractivity contribution in [3.8, 4) is 0 Å². The molecule has 1 aliphatic carbocycles. The third-order valence-electron chi connectivity index (χ3n) is 4.10. The number of aromatic nitrogens is 1. The average molecular weight is 333 g/mol. The summed E-state index contributed by atoms with van der Waals surface area (Å²) in [7, 11) is -4.08. The third kappa shape index (κ3) is 2.19. The largest absolute Gasteiger partial charge is 0.477 e. The zero-order chi connectivity index (χ0) is 16.9. The maximum atomic E-state index is 12.9. The van der Waals surface area contributed by atoms with Gasteiger partial charge in [0.2, 0.25) is 0 Å². The Balaban J connectivity index is 2.34. The lowest BCUT2D eigenvalue weighted by molar-refractivity contribution is 0.0688. The van der Waals surface area contributed by atoms with E-state index in [4.69, 9.17) is 0 Å². The number of nitrogens with zero attached hydrogens (tertiary/aromatic N) is 1. The summed E-state index contributed by atoms with van der Waals surface area (Å²) in [4.78, 5) is 23.6. The SMILES string of the molecule is Cc1ccc(S(=O)(=O)n2c3c(c(C)c2C(=O)O)C(=O)CC3)cc1. The highest BCUT2D eigenvalue weighted by Gasteiger charge is 2.37. The molecule has 6 nitrogen and oxygen atoms in total. The van der Waals surface area contributed by atoms with E-state index in [1.807, 2.05) is 6.92 Å². The van der Waals surface area contributed by atoms with E-state index in [2.05, 4.69) is 0 Å². The Morgan fingerprint density at radius 3 is 2.30 bits per heavy atom. The van der Waals surface area contributed by atoms with Gasteiger partial charge in [0.1, 0.15) is 5.69 Å². The minimum atomic E-state index is -4.08. The molecule has 0 bridgehead atoms. The number of rotatable bonds is 3. The standard InChI is InChI=1S/C16H15NO5S/c1-9-3-5-11(6-4-9)23(21,22)17-12-7-8-13(18)14(12)10(2)15(17)16(19)20/h3-6H,7-8H2,1-2H3,(H,19,20). The number of carboxylic acid groups (broad SMARTS) is 1. The smallest absolute Gasteiger partial charge is 0.353 e. The molecule has 120 valence electrons. The van der Waals surface area contributed by atoms with Crippen LogP contribution in [0.3, 0.4) is 0 Å². The van der Waals surface area contributed by atoms with Crippen LogP contribution in [-0.4, -0.2) is 29.2 Å². The van der Waals surface area contributed by atoms with Gasteiger partial charge in [0.15, 0.2) is 5.78 Å². The average Bonchev–Trinajstić information content (AvgIpc) is 2.99. The van der Waals surface area contributed by atoms with E-state index in [0.29, 0.717) is 0 Å². The first-order valence-corrected chi connectivity index (χ1v) is 8.52. The van der Waals surface area contributed by atoms with Crippen LogP contribution in [0.4, 0.5) is 0 Å². The number of benzene rings is 1. The van der Waals surface area contributed by atoms with E-state index in [9.17, 15) is 23.1 Å². The molecule has 0 fully saturated rings. The first kappa shape index (κ1) is 15.5. The van der Waals surface area contributed by atoms with Crippen molar-refractivity contribution in [1.29, 1.82) is 0 Å². The van der Waals surface area contributed by atoms with Crippen LogP contribution in [0, 0.1) is 13.8 Å². The predicted octanol–water partition coefficient (Wildman–Crippen LogP) is 2.17. The number of fused-ring (bicyclic) bond motifs is 1. The van der Waals surface area contributed by atoms with Gasteiger partial charge in [-0.3, -0.25) is 4.79 Å². The molecule has 0 radical (unpaired) electrons. The Bertz CT molecular complexity index is 936. The maximum Gasteiger partial charge on any atom is 0.353 e. The Hall–Kier alpha value is -2.41. The van der Waals surface area contributed by atoms with Crippen LogP contribution in [-0.2, 0) is 16.4 Å². The topological polar surface area (TPSA) is 93.4 Å². The fourth-order valence-corrected chi connectivity index (χ4v) is 4.62. The molecule has 1 heterocycles. The molecule has 0 atom stereocenters. The summed E-state index contributed by atoms with van der Waals surface area (Å²) in [5.74, 6) is -1.57. The van der Waals surface area contributed by atoms with Crippen molar-refractivity contribution in [2.24, 2.45) is 0 Å². The first-order chi connectivity index (χ1) is 10.7. The fourth-order valence-electron chi connectivity index (χ4n) is 3.01. The van der Waals surface area contributed by atoms with Crippen molar-refractivity contribution in [2.45, 2.75) is 31.6 Å². The van der Waals surface area contributed by atoms with Crippen LogP contribution >= 0.6 is 0 Å². The number of carboxylic acids is 1. The van der Waals surface area contributed by atoms with E-state index in [1.165, 1.54) is 19.1 Å². The number of carbonyl (C=O) groups is 2. The molecule has 1 N–H and O–H groups in total. The highest BCUT2D eigenvalue weighted by molar-refractivity contribution is 7.90. The molecule has 7 heteroatoms. The Morgan fingerprint density at radius 2 is 1.74 bits per heavy atom. The van der Waals surface area contributed by atoms with E-state index in [1.54, 1.807) is 12.1 Å². The summed E-state index contributed by atoms with van der Waals surface area (Å²) >= 11 is 0. The van der Waals surface area contributed by atoms with Crippen LogP contribution in [0.15, 0.2) is 29.2 Å². The molecule has 1 aromatic carbocycles. The van der Waals surface area contributed by atoms with Gasteiger partial charge in [0.25, 0.3) is 10.0 Å². The summed E-state index contributed by atoms with van der Waals surface area (Å²) < 4.78 is 26.7. The minimum absolute atomic E-state index is 0.00255. The van der Waals surface area contributed by atoms with Gasteiger partial charge in [0, 0.05) is 17.7 Å². The zero-order valence-corrected chi connectivity index (χ0v) is 13.5. The summed E-state index contributed by atoms with van der Waals surface area (Å²) in [6.07, 6.45) is 0.433. The van der Waals surface area contributed by atoms with Crippen molar-refractivity contribution in [3.05, 3.63) is 52.3 Å². The number of aromatic carboxylic acids is 1. The van der Waals surface area contributed by atoms with E-state index < -0.39 is 16.0 Å². The summed E-state index contributed by atoms with van der Waals surface area (Å²) in [6.45, 7) is 3.31. The molecule has 1 aromatic heterocycles. The van der Waals surface area contributed by atoms with Crippen molar-refractivity contribution >= 4 is 21.8 Å². The molecule has 0 spiro atoms. The molecular weight excluding hydrogens is 318 g/mol. The second-order valence-corrected chi connectivity index (χ2v) is 7.39. The number of hydrogen-bond acceptors (Lipinski definition) is 4. The highest BCUT2D eigenvalue weighted by atomic mass is 32.2. The lowest BCUT2D eigenvalue weighted by Crippen LogP contribution is -2.21. The highest BCUT2D eigenvalue weighted by Crippen LogP contribution is 2.33. The Labute approximate surface area is 133 Å². The van der Waals surface area contributed by atoms with E-state index >= 15 is 0 Å². The summed E-state index contributed by atoms with van der Waals surface area (Å²) in [6, 6.07) is 6.17. The molecule has 0 saturated heterocycles. The van der Waals surface area contributed by atoms with Gasteiger partial charge in [-0.15, -0.1) is 0 Å². The number of carbonyl (C=O) groups excluding carboxylic acids is 1. The van der Waals surface area contributed by atoms with Gasteiger partial charge >= 0.3 is 5.97 Å². The van der Waals surface area contributed by atoms with Crippen molar-refractivity contribution < 1.29 is 23.1 Å². The maximum absolute atomic E-state index is 12.9. The number of ketones is 1. The molecule has 23 heavy (non-hydrogen) atoms. The van der Waals surface area contributed by atoms with Crippen LogP contribution in [0.25, 0.3) is 0 Å². The van der Waals surface area contributed by atoms with Crippen molar-refractivity contribution in [2.75, 3.05) is 0 Å². The molecule has 2 aromatic rings. The van der Waals surface area contributed by atoms with Crippen LogP contribution in [0.1, 0.15) is 44.1 Å². The second kappa shape index (κ2) is 5.06. The van der Waals surface area contributed by atoms with Gasteiger partial charge in [-0.2, -0.15) is 0 Å². The molecule has 0 aliphatic heterocycles. The minimum Gasteiger partial charge on any atom is -0.477 e. The number of hydrogen-bond donors (Lipinski definition) is 1. The Kier molecular flexibility index (Phi) is 3.40. The van der Waals surface area contributed by atoms with Gasteiger partial charge in [-0.05, 0) is 38.0 Å². The molecule has 0 unspecified atom stereocenters. The monoisotopic (exact) mass is 333 g/mol. The first-order valence-electron chi connectivity index (χ1n) is 7.08.